The lowest BCUT2D eigenvalue weighted by Gasteiger charge is -2.11. The molecule has 3 heterocycles. The highest BCUT2D eigenvalue weighted by Crippen LogP contribution is 2.40. The monoisotopic (exact) mass is 727 g/mol. The molecule has 57 heavy (non-hydrogen) atoms. The van der Waals surface area contributed by atoms with E-state index in [4.69, 9.17) is 0 Å². The molecule has 0 saturated heterocycles. The Balaban J connectivity index is 1.10. The summed E-state index contributed by atoms with van der Waals surface area (Å²) in [6.07, 6.45) is 9.14. The molecule has 0 radical (unpaired) electrons. The summed E-state index contributed by atoms with van der Waals surface area (Å²) < 4.78 is 7.31. The third-order valence-electron chi connectivity index (χ3n) is 12.0. The van der Waals surface area contributed by atoms with Gasteiger partial charge in [-0.1, -0.05) is 115 Å². The molecule has 1 aliphatic rings. The highest BCUT2D eigenvalue weighted by atomic mass is 15.0. The van der Waals surface area contributed by atoms with Crippen LogP contribution in [0.15, 0.2) is 200 Å². The van der Waals surface area contributed by atoms with Crippen LogP contribution < -0.4 is 0 Å². The minimum atomic E-state index is 1.09. The fraction of sp³-hybridized carbons (Fsp3) is 0.0370. The minimum Gasteiger partial charge on any atom is -0.309 e. The lowest BCUT2D eigenvalue weighted by molar-refractivity contribution is 1.04. The quantitative estimate of drug-likeness (QED) is 0.168. The molecule has 8 aromatic carbocycles. The van der Waals surface area contributed by atoms with Crippen LogP contribution in [-0.2, 0) is 0 Å². The van der Waals surface area contributed by atoms with Crippen LogP contribution in [0.2, 0.25) is 0 Å². The van der Waals surface area contributed by atoms with Crippen molar-refractivity contribution < 1.29 is 0 Å². The largest absolute Gasteiger partial charge is 0.309 e. The van der Waals surface area contributed by atoms with Crippen molar-refractivity contribution >= 4 is 71.0 Å². The van der Waals surface area contributed by atoms with Crippen molar-refractivity contribution in [3.05, 3.63) is 206 Å². The van der Waals surface area contributed by atoms with E-state index < -0.39 is 0 Å². The van der Waals surface area contributed by atoms with E-state index in [0.717, 1.165) is 29.9 Å². The van der Waals surface area contributed by atoms with Crippen molar-refractivity contribution in [1.82, 2.24) is 13.7 Å². The van der Waals surface area contributed by atoms with E-state index in [9.17, 15) is 0 Å². The Morgan fingerprint density at radius 3 is 1.33 bits per heavy atom. The van der Waals surface area contributed by atoms with E-state index in [1.165, 1.54) is 87.7 Å². The summed E-state index contributed by atoms with van der Waals surface area (Å²) in [5.74, 6) is 0. The van der Waals surface area contributed by atoms with Gasteiger partial charge in [-0.25, -0.2) is 0 Å². The molecule has 0 amide bonds. The third kappa shape index (κ3) is 4.92. The molecule has 0 atom stereocenters. The van der Waals surface area contributed by atoms with Gasteiger partial charge in [0.25, 0.3) is 0 Å². The van der Waals surface area contributed by atoms with E-state index >= 15 is 0 Å². The molecule has 3 aromatic heterocycles. The Morgan fingerprint density at radius 1 is 0.298 bits per heavy atom. The van der Waals surface area contributed by atoms with E-state index in [0.29, 0.717) is 0 Å². The predicted octanol–water partition coefficient (Wildman–Crippen LogP) is 14.4. The maximum atomic E-state index is 2.45. The average molecular weight is 728 g/mol. The summed E-state index contributed by atoms with van der Waals surface area (Å²) in [5, 5.41) is 7.50. The van der Waals surface area contributed by atoms with Gasteiger partial charge in [-0.05, 0) is 120 Å². The van der Waals surface area contributed by atoms with Gasteiger partial charge < -0.3 is 13.7 Å². The highest BCUT2D eigenvalue weighted by molar-refractivity contribution is 6.14. The van der Waals surface area contributed by atoms with Gasteiger partial charge in [0.2, 0.25) is 0 Å². The molecule has 0 unspecified atom stereocenters. The highest BCUT2D eigenvalue weighted by Gasteiger charge is 2.19. The van der Waals surface area contributed by atoms with Gasteiger partial charge in [0, 0.05) is 49.4 Å². The third-order valence-corrected chi connectivity index (χ3v) is 12.0. The number of benzene rings is 8. The Hall–Kier alpha value is -7.36. The summed E-state index contributed by atoms with van der Waals surface area (Å²) in [6, 6.07) is 67.0. The van der Waals surface area contributed by atoms with Crippen LogP contribution in [0.1, 0.15) is 18.4 Å². The second kappa shape index (κ2) is 12.6. The lowest BCUT2D eigenvalue weighted by Crippen LogP contribution is -1.96. The number of hydrogen-bond acceptors (Lipinski definition) is 0. The Kier molecular flexibility index (Phi) is 7.05. The van der Waals surface area contributed by atoms with E-state index in [1.54, 1.807) is 0 Å². The molecule has 0 saturated carbocycles. The van der Waals surface area contributed by atoms with E-state index in [1.807, 2.05) is 0 Å². The number of nitrogens with zero attached hydrogens (tertiary/aromatic N) is 3. The van der Waals surface area contributed by atoms with E-state index in [-0.39, 0.29) is 0 Å². The smallest absolute Gasteiger partial charge is 0.0542 e. The molecule has 3 nitrogen and oxygen atoms in total. The van der Waals surface area contributed by atoms with Gasteiger partial charge in [0.15, 0.2) is 0 Å². The maximum absolute atomic E-state index is 2.45. The average Bonchev–Trinajstić information content (AvgIpc) is 3.92. The standard InChI is InChI=1S/C54H37N3/c1-4-14-36(15-5-1)38-24-28-51-45(32-38)43-20-10-12-22-49(43)56(51)41-26-30-53-47(34-41)48-35-42(27-31-54(48)55(53)40-18-8-3-9-19-40)57-50-23-13-11-21-44(50)46-33-39(25-29-52(46)57)37-16-6-2-7-17-37/h1,3-6,8-35H,2,7H2. The Bertz CT molecular complexity index is 3440. The topological polar surface area (TPSA) is 14.8 Å². The van der Waals surface area contributed by atoms with Crippen LogP contribution in [-0.4, -0.2) is 13.7 Å². The van der Waals surface area contributed by atoms with Gasteiger partial charge in [0.05, 0.1) is 33.1 Å². The van der Waals surface area contributed by atoms with Crippen LogP contribution in [0.25, 0.3) is 99.2 Å². The molecule has 0 spiro atoms. The van der Waals surface area contributed by atoms with Crippen molar-refractivity contribution in [3.8, 4) is 28.2 Å². The normalized spacial score (nSPS) is 13.2. The molecule has 0 fully saturated rings. The zero-order valence-electron chi connectivity index (χ0n) is 31.3. The number of hydrogen-bond donors (Lipinski definition) is 0. The summed E-state index contributed by atoms with van der Waals surface area (Å²) in [6.45, 7) is 0. The fourth-order valence-corrected chi connectivity index (χ4v) is 9.45. The molecular formula is C54H37N3. The SMILES string of the molecule is C1=CC(c2ccc3c(c2)c2ccccc2n3-c2ccc3c(c2)c2cc(-n4c5ccccc5c5cc(-c6ccccc6)ccc54)ccc2n3-c2ccccc2)=CCC1. The number of allylic oxidation sites excluding steroid dienone is 4. The van der Waals surface area contributed by atoms with Gasteiger partial charge in [-0.3, -0.25) is 0 Å². The zero-order valence-corrected chi connectivity index (χ0v) is 31.3. The van der Waals surface area contributed by atoms with Crippen molar-refractivity contribution in [2.75, 3.05) is 0 Å². The first kappa shape index (κ1) is 31.9. The van der Waals surface area contributed by atoms with Crippen LogP contribution in [0, 0.1) is 0 Å². The van der Waals surface area contributed by atoms with Gasteiger partial charge >= 0.3 is 0 Å². The molecule has 0 aliphatic heterocycles. The molecule has 3 heteroatoms. The van der Waals surface area contributed by atoms with Crippen LogP contribution in [0.5, 0.6) is 0 Å². The zero-order chi connectivity index (χ0) is 37.5. The molecule has 0 bridgehead atoms. The molecule has 12 rings (SSSR count). The van der Waals surface area contributed by atoms with Crippen LogP contribution >= 0.6 is 0 Å². The number of aromatic nitrogens is 3. The Labute approximate surface area is 330 Å². The lowest BCUT2D eigenvalue weighted by atomic mass is 9.98. The van der Waals surface area contributed by atoms with Gasteiger partial charge in [-0.2, -0.15) is 0 Å². The minimum absolute atomic E-state index is 1.09. The number of fused-ring (bicyclic) bond motifs is 9. The summed E-state index contributed by atoms with van der Waals surface area (Å²) in [4.78, 5) is 0. The first-order chi connectivity index (χ1) is 28.3. The van der Waals surface area contributed by atoms with Crippen molar-refractivity contribution in [2.45, 2.75) is 12.8 Å². The van der Waals surface area contributed by atoms with Gasteiger partial charge in [0.1, 0.15) is 0 Å². The van der Waals surface area contributed by atoms with Gasteiger partial charge in [-0.15, -0.1) is 0 Å². The first-order valence-corrected chi connectivity index (χ1v) is 19.9. The molecule has 0 N–H and O–H groups in total. The second-order valence-electron chi connectivity index (χ2n) is 15.2. The second-order valence-corrected chi connectivity index (χ2v) is 15.2. The fourth-order valence-electron chi connectivity index (χ4n) is 9.45. The summed E-state index contributed by atoms with van der Waals surface area (Å²) >= 11 is 0. The Morgan fingerprint density at radius 2 is 0.754 bits per heavy atom. The predicted molar refractivity (Wildman–Crippen MR) is 241 cm³/mol. The van der Waals surface area contributed by atoms with Crippen molar-refractivity contribution in [1.29, 1.82) is 0 Å². The summed E-state index contributed by atoms with van der Waals surface area (Å²) in [5.41, 5.74) is 15.7. The van der Waals surface area contributed by atoms with Crippen molar-refractivity contribution in [3.63, 3.8) is 0 Å². The molecular weight excluding hydrogens is 691 g/mol. The maximum Gasteiger partial charge on any atom is 0.0542 e. The molecule has 268 valence electrons. The van der Waals surface area contributed by atoms with Crippen LogP contribution in [0.3, 0.4) is 0 Å². The molecule has 1 aliphatic carbocycles. The first-order valence-electron chi connectivity index (χ1n) is 19.9. The molecule has 11 aromatic rings. The number of rotatable bonds is 5. The van der Waals surface area contributed by atoms with Crippen LogP contribution in [0.4, 0.5) is 0 Å². The summed E-state index contributed by atoms with van der Waals surface area (Å²) in [7, 11) is 0. The van der Waals surface area contributed by atoms with E-state index in [2.05, 4.69) is 214 Å². The van der Waals surface area contributed by atoms with Crippen molar-refractivity contribution in [2.24, 2.45) is 0 Å². The number of para-hydroxylation sites is 3.